The maximum atomic E-state index is 16.1. The Morgan fingerprint density at radius 1 is 1.24 bits per heavy atom. The monoisotopic (exact) mass is 405 g/mol. The maximum absolute atomic E-state index is 16.1. The quantitative estimate of drug-likeness (QED) is 0.742. The SMILES string of the molecule is CC(C)(C)[C@H](NC(=O)[N+]1(F)C(=O)N(CC2CCCCC2)c2ccccc21)C(N)=O. The van der Waals surface area contributed by atoms with E-state index in [1.165, 1.54) is 17.4 Å². The fraction of sp³-hybridized carbons (Fsp3) is 0.571. The van der Waals surface area contributed by atoms with Crippen LogP contribution < -0.4 is 20.7 Å². The molecule has 5 amide bonds. The average molecular weight is 405 g/mol. The van der Waals surface area contributed by atoms with Crippen LogP contribution in [0.4, 0.5) is 25.4 Å². The topological polar surface area (TPSA) is 92.5 Å². The van der Waals surface area contributed by atoms with E-state index in [-0.39, 0.29) is 11.6 Å². The molecule has 1 fully saturated rings. The van der Waals surface area contributed by atoms with Gasteiger partial charge in [-0.05, 0) is 30.2 Å². The molecule has 0 aromatic heterocycles. The third kappa shape index (κ3) is 3.85. The zero-order valence-corrected chi connectivity index (χ0v) is 17.3. The van der Waals surface area contributed by atoms with E-state index in [2.05, 4.69) is 5.32 Å². The van der Waals surface area contributed by atoms with E-state index in [0.717, 1.165) is 25.7 Å². The highest BCUT2D eigenvalue weighted by atomic mass is 19.2. The van der Waals surface area contributed by atoms with Crippen LogP contribution in [0.3, 0.4) is 0 Å². The number of primary amides is 1. The first-order valence-electron chi connectivity index (χ1n) is 10.2. The third-order valence-electron chi connectivity index (χ3n) is 5.86. The van der Waals surface area contributed by atoms with E-state index >= 15 is 4.48 Å². The average Bonchev–Trinajstić information content (AvgIpc) is 2.89. The van der Waals surface area contributed by atoms with Crippen LogP contribution in [-0.2, 0) is 4.79 Å². The van der Waals surface area contributed by atoms with Crippen LogP contribution in [0.15, 0.2) is 24.3 Å². The number of carbonyl (C=O) groups is 3. The van der Waals surface area contributed by atoms with Gasteiger partial charge in [0, 0.05) is 17.1 Å². The number of benzene rings is 1. The summed E-state index contributed by atoms with van der Waals surface area (Å²) in [6, 6.07) is 3.12. The summed E-state index contributed by atoms with van der Waals surface area (Å²) in [5.74, 6) is -0.500. The second kappa shape index (κ2) is 7.74. The summed E-state index contributed by atoms with van der Waals surface area (Å²) in [6.07, 6.45) is 5.33. The molecule has 1 heterocycles. The number of halogens is 1. The van der Waals surface area contributed by atoms with Crippen molar-refractivity contribution in [2.24, 2.45) is 17.1 Å². The lowest BCUT2D eigenvalue weighted by molar-refractivity contribution is -0.122. The zero-order valence-electron chi connectivity index (χ0n) is 17.3. The largest absolute Gasteiger partial charge is 0.477 e. The number of urea groups is 2. The number of hydrogen-bond acceptors (Lipinski definition) is 3. The van der Waals surface area contributed by atoms with Crippen molar-refractivity contribution in [2.45, 2.75) is 58.9 Å². The fourth-order valence-corrected chi connectivity index (χ4v) is 4.25. The first-order valence-corrected chi connectivity index (χ1v) is 10.2. The summed E-state index contributed by atoms with van der Waals surface area (Å²) in [4.78, 5) is 39.3. The van der Waals surface area contributed by atoms with Gasteiger partial charge in [0.25, 0.3) is 0 Å². The number of para-hydroxylation sites is 2. The molecule has 158 valence electrons. The minimum absolute atomic E-state index is 0.0389. The predicted molar refractivity (Wildman–Crippen MR) is 110 cm³/mol. The van der Waals surface area contributed by atoms with E-state index < -0.39 is 34.1 Å². The highest BCUT2D eigenvalue weighted by molar-refractivity contribution is 6.19. The number of imide groups is 1. The Bertz CT molecular complexity index is 816. The van der Waals surface area contributed by atoms with Gasteiger partial charge < -0.3 is 5.73 Å². The summed E-state index contributed by atoms with van der Waals surface area (Å²) in [7, 11) is 0. The number of anilines is 1. The lowest BCUT2D eigenvalue weighted by Crippen LogP contribution is -2.63. The highest BCUT2D eigenvalue weighted by Gasteiger charge is 2.62. The molecule has 1 aromatic carbocycles. The van der Waals surface area contributed by atoms with Gasteiger partial charge in [0.1, 0.15) is 11.7 Å². The van der Waals surface area contributed by atoms with Crippen molar-refractivity contribution in [3.63, 3.8) is 0 Å². The van der Waals surface area contributed by atoms with Crippen molar-refractivity contribution in [1.82, 2.24) is 10.0 Å². The fourth-order valence-electron chi connectivity index (χ4n) is 4.25. The smallest absolute Gasteiger partial charge is 0.368 e. The predicted octanol–water partition coefficient (Wildman–Crippen LogP) is 4.01. The number of fused-ring (bicyclic) bond motifs is 1. The standard InChI is InChI=1S/C21H29FN4O3/c1-21(2,3)17(18(23)27)24-19(28)26(22)16-12-8-7-11-15(16)25(20(26)29)13-14-9-5-4-6-10-14/h7-8,11-12,14,17H,4-6,9-10,13H2,1-3H3,(H2-,23,24,27,28)/p+1/t17-,26?/m1/s1. The number of hydrogen-bond donors (Lipinski definition) is 2. The van der Waals surface area contributed by atoms with Gasteiger partial charge in [-0.1, -0.05) is 52.2 Å². The van der Waals surface area contributed by atoms with Crippen molar-refractivity contribution >= 4 is 29.3 Å². The van der Waals surface area contributed by atoms with Gasteiger partial charge in [-0.2, -0.15) is 0 Å². The molecule has 3 rings (SSSR count). The molecule has 1 aromatic rings. The highest BCUT2D eigenvalue weighted by Crippen LogP contribution is 2.44. The molecule has 0 radical (unpaired) electrons. The van der Waals surface area contributed by atoms with Gasteiger partial charge in [0.05, 0.1) is 4.71 Å². The second-order valence-electron chi connectivity index (χ2n) is 9.13. The van der Waals surface area contributed by atoms with E-state index in [0.29, 0.717) is 12.2 Å². The Labute approximate surface area is 170 Å². The van der Waals surface area contributed by atoms with Crippen LogP contribution in [0.2, 0.25) is 0 Å². The van der Waals surface area contributed by atoms with Crippen LogP contribution in [0, 0.1) is 11.3 Å². The molecule has 1 aliphatic heterocycles. The number of quaternary nitrogens is 1. The van der Waals surface area contributed by atoms with Crippen LogP contribution in [0.5, 0.6) is 0 Å². The summed E-state index contributed by atoms with van der Waals surface area (Å²) in [5.41, 5.74) is 5.04. The molecule has 3 N–H and O–H groups in total. The number of rotatable bonds is 4. The normalized spacial score (nSPS) is 23.6. The van der Waals surface area contributed by atoms with Crippen molar-refractivity contribution < 1.29 is 18.9 Å². The van der Waals surface area contributed by atoms with Gasteiger partial charge >= 0.3 is 12.1 Å². The zero-order chi connectivity index (χ0) is 21.4. The van der Waals surface area contributed by atoms with Crippen molar-refractivity contribution in [1.29, 1.82) is 0 Å². The molecule has 1 aliphatic carbocycles. The number of nitrogens with zero attached hydrogens (tertiary/aromatic N) is 2. The molecular formula is C21H30FN4O3+. The first-order chi connectivity index (χ1) is 13.6. The van der Waals surface area contributed by atoms with Gasteiger partial charge in [0.15, 0.2) is 0 Å². The molecule has 1 unspecified atom stereocenters. The van der Waals surface area contributed by atoms with E-state index in [4.69, 9.17) is 5.73 Å². The van der Waals surface area contributed by atoms with Crippen molar-refractivity contribution in [3.05, 3.63) is 24.3 Å². The maximum Gasteiger partial charge on any atom is 0.477 e. The molecule has 2 atom stereocenters. The lowest BCUT2D eigenvalue weighted by atomic mass is 9.86. The molecule has 0 spiro atoms. The number of carbonyl (C=O) groups excluding carboxylic acids is 3. The van der Waals surface area contributed by atoms with Crippen LogP contribution in [0.25, 0.3) is 0 Å². The van der Waals surface area contributed by atoms with Crippen LogP contribution in [0.1, 0.15) is 52.9 Å². The Morgan fingerprint density at radius 3 is 2.45 bits per heavy atom. The van der Waals surface area contributed by atoms with E-state index in [1.807, 2.05) is 0 Å². The summed E-state index contributed by atoms with van der Waals surface area (Å²) < 4.78 is 14.1. The molecule has 2 aliphatic rings. The molecule has 8 heteroatoms. The number of amides is 5. The molecule has 0 saturated heterocycles. The Morgan fingerprint density at radius 2 is 1.86 bits per heavy atom. The van der Waals surface area contributed by atoms with Crippen LogP contribution >= 0.6 is 0 Å². The Balaban J connectivity index is 1.92. The Kier molecular flexibility index (Phi) is 5.67. The summed E-state index contributed by atoms with van der Waals surface area (Å²) >= 11 is 0. The first kappa shape index (κ1) is 21.2. The summed E-state index contributed by atoms with van der Waals surface area (Å²) in [6.45, 7) is 5.51. The minimum Gasteiger partial charge on any atom is -0.368 e. The minimum atomic E-state index is -2.04. The van der Waals surface area contributed by atoms with Crippen molar-refractivity contribution in [2.75, 3.05) is 11.4 Å². The van der Waals surface area contributed by atoms with Gasteiger partial charge in [0.2, 0.25) is 11.6 Å². The summed E-state index contributed by atoms with van der Waals surface area (Å²) in [5, 5.41) is 2.37. The van der Waals surface area contributed by atoms with E-state index in [1.54, 1.807) is 39.0 Å². The Hall–Kier alpha value is -2.48. The lowest BCUT2D eigenvalue weighted by Gasteiger charge is -2.29. The molecule has 0 bridgehead atoms. The third-order valence-corrected chi connectivity index (χ3v) is 5.86. The number of nitrogens with two attached hydrogens (primary N) is 1. The molecule has 1 saturated carbocycles. The molecule has 29 heavy (non-hydrogen) atoms. The molecular weight excluding hydrogens is 375 g/mol. The van der Waals surface area contributed by atoms with Crippen molar-refractivity contribution in [3.8, 4) is 0 Å². The van der Waals surface area contributed by atoms with E-state index in [9.17, 15) is 14.4 Å². The number of nitrogens with one attached hydrogen (secondary N) is 1. The van der Waals surface area contributed by atoms with Gasteiger partial charge in [-0.3, -0.25) is 15.0 Å². The second-order valence-corrected chi connectivity index (χ2v) is 9.13. The van der Waals surface area contributed by atoms with Gasteiger partial charge in [-0.15, -0.1) is 0 Å². The molecule has 7 nitrogen and oxygen atoms in total. The van der Waals surface area contributed by atoms with Crippen LogP contribution in [-0.4, -0.2) is 30.6 Å². The van der Waals surface area contributed by atoms with Gasteiger partial charge in [-0.25, -0.2) is 9.59 Å².